The molecule has 2 heterocycles. The zero-order chi connectivity index (χ0) is 27.1. The van der Waals surface area contributed by atoms with Crippen LogP contribution in [0.2, 0.25) is 0 Å². The topological polar surface area (TPSA) is 139 Å². The predicted octanol–water partition coefficient (Wildman–Crippen LogP) is 2.60. The van der Waals surface area contributed by atoms with Crippen LogP contribution in [-0.2, 0) is 23.8 Å². The second-order valence-electron chi connectivity index (χ2n) is 8.18. The summed E-state index contributed by atoms with van der Waals surface area (Å²) in [5.41, 5.74) is 3.41. The van der Waals surface area contributed by atoms with E-state index in [1.807, 2.05) is 0 Å². The van der Waals surface area contributed by atoms with Crippen molar-refractivity contribution in [1.29, 1.82) is 0 Å². The van der Waals surface area contributed by atoms with Crippen LogP contribution in [0.5, 0.6) is 0 Å². The number of nitrogens with zero attached hydrogens (tertiary/aromatic N) is 1. The second kappa shape index (κ2) is 12.2. The molecule has 198 valence electrons. The lowest BCUT2D eigenvalue weighted by Gasteiger charge is -2.20. The van der Waals surface area contributed by atoms with Gasteiger partial charge in [-0.15, -0.1) is 0 Å². The minimum absolute atomic E-state index is 0.140. The highest BCUT2D eigenvalue weighted by atomic mass is 19.1. The number of hydrogen-bond acceptors (Lipinski definition) is 7. The normalized spacial score (nSPS) is 13.2. The van der Waals surface area contributed by atoms with Crippen molar-refractivity contribution < 1.29 is 37.8 Å². The molecule has 0 saturated carbocycles. The molecule has 1 aliphatic heterocycles. The van der Waals surface area contributed by atoms with Gasteiger partial charge in [-0.3, -0.25) is 9.59 Å². The predicted molar refractivity (Wildman–Crippen MR) is 132 cm³/mol. The molecule has 0 unspecified atom stereocenters. The zero-order valence-corrected chi connectivity index (χ0v) is 21.0. The summed E-state index contributed by atoms with van der Waals surface area (Å²) in [6.45, 7) is 5.03. The summed E-state index contributed by atoms with van der Waals surface area (Å²) >= 11 is 0. The van der Waals surface area contributed by atoms with Crippen LogP contribution in [0.25, 0.3) is 11.6 Å². The Bertz CT molecular complexity index is 1240. The molecule has 3 amide bonds. The number of fused-ring (bicyclic) bond motifs is 1. The lowest BCUT2D eigenvalue weighted by molar-refractivity contribution is -0.156. The molecule has 12 heteroatoms. The molecule has 1 aromatic heterocycles. The van der Waals surface area contributed by atoms with Gasteiger partial charge in [-0.05, 0) is 50.6 Å². The number of carbonyl (C=O) groups excluding carboxylic acids is 4. The Morgan fingerprint density at radius 3 is 2.65 bits per heavy atom. The number of anilines is 1. The highest BCUT2D eigenvalue weighted by Crippen LogP contribution is 2.34. The van der Waals surface area contributed by atoms with E-state index in [0.717, 1.165) is 0 Å². The fraction of sp³-hybridized carbons (Fsp3) is 0.360. The molecule has 0 bridgehead atoms. The average molecular weight is 517 g/mol. The number of hydrogen-bond donors (Lipinski definition) is 3. The fourth-order valence-corrected chi connectivity index (χ4v) is 3.87. The molecule has 0 spiro atoms. The Hall–Kier alpha value is -4.19. The van der Waals surface area contributed by atoms with E-state index in [1.54, 1.807) is 26.8 Å². The maximum atomic E-state index is 13.7. The molecule has 0 saturated heterocycles. The molecule has 0 radical (unpaired) electrons. The maximum Gasteiger partial charge on any atom is 0.412 e. The smallest absolute Gasteiger partial charge is 0.412 e. The Balaban J connectivity index is 1.62. The van der Waals surface area contributed by atoms with Crippen LogP contribution in [0.4, 0.5) is 14.9 Å². The number of nitrogens with one attached hydrogen (secondary N) is 3. The number of halogens is 1. The molecule has 3 N–H and O–H groups in total. The van der Waals surface area contributed by atoms with Crippen molar-refractivity contribution in [2.75, 3.05) is 45.5 Å². The van der Waals surface area contributed by atoms with Crippen molar-refractivity contribution >= 4 is 41.2 Å². The Labute approximate surface area is 212 Å². The number of aromatic nitrogens is 1. The first kappa shape index (κ1) is 27.4. The van der Waals surface area contributed by atoms with Gasteiger partial charge in [0.1, 0.15) is 12.4 Å². The summed E-state index contributed by atoms with van der Waals surface area (Å²) in [7, 11) is 1.34. The molecule has 1 aliphatic rings. The van der Waals surface area contributed by atoms with Gasteiger partial charge in [0.2, 0.25) is 6.79 Å². The van der Waals surface area contributed by atoms with Gasteiger partial charge >= 0.3 is 12.1 Å². The Kier molecular flexibility index (Phi) is 9.01. The third kappa shape index (κ3) is 6.53. The number of carbonyl (C=O) groups is 4. The molecule has 3 rings (SSSR count). The van der Waals surface area contributed by atoms with Crippen LogP contribution in [0.15, 0.2) is 18.2 Å². The Morgan fingerprint density at radius 2 is 1.95 bits per heavy atom. The van der Waals surface area contributed by atoms with Gasteiger partial charge in [0.05, 0.1) is 11.1 Å². The number of benzene rings is 1. The third-order valence-corrected chi connectivity index (χ3v) is 5.73. The van der Waals surface area contributed by atoms with Crippen molar-refractivity contribution in [1.82, 2.24) is 15.2 Å². The number of rotatable bonds is 10. The number of methoxy groups -OCH3 is 1. The summed E-state index contributed by atoms with van der Waals surface area (Å²) < 4.78 is 28.0. The summed E-state index contributed by atoms with van der Waals surface area (Å²) in [6.07, 6.45) is 0.894. The van der Waals surface area contributed by atoms with Crippen LogP contribution in [0.1, 0.15) is 39.8 Å². The summed E-state index contributed by atoms with van der Waals surface area (Å²) in [6, 6.07) is 4.05. The first-order valence-corrected chi connectivity index (χ1v) is 11.5. The molecule has 0 aliphatic carbocycles. The molecule has 1 aromatic carbocycles. The van der Waals surface area contributed by atoms with Gasteiger partial charge < -0.3 is 34.7 Å². The van der Waals surface area contributed by atoms with Crippen LogP contribution in [-0.4, -0.2) is 73.9 Å². The first-order valence-electron chi connectivity index (χ1n) is 11.5. The standard InChI is InChI=1S/C25H29FN4O7/c1-5-30(25(34)37-13-36-21(31)12-35-4)9-8-27-24(33)22-14(2)20(28-15(22)3)11-18-17-10-16(26)6-7-19(17)29-23(18)32/h6-7,10-11,28H,5,8-9,12-13H2,1-4H3,(H,27,33)(H,29,32)/b18-11-. The molecule has 37 heavy (non-hydrogen) atoms. The SMILES string of the molecule is CCN(CCNC(=O)c1c(C)[nH]c(/C=C2\C(=O)Nc3ccc(F)cc32)c1C)C(=O)OCOC(=O)COC. The number of likely N-dealkylation sites (N-methyl/N-ethyl adjacent to an activating group) is 1. The number of H-pyrrole nitrogens is 1. The van der Waals surface area contributed by atoms with E-state index >= 15 is 0 Å². The minimum atomic E-state index is -0.698. The lowest BCUT2D eigenvalue weighted by atomic mass is 10.0. The van der Waals surface area contributed by atoms with Crippen molar-refractivity contribution in [3.63, 3.8) is 0 Å². The van der Waals surface area contributed by atoms with Crippen molar-refractivity contribution in [3.8, 4) is 0 Å². The Morgan fingerprint density at radius 1 is 1.19 bits per heavy atom. The van der Waals surface area contributed by atoms with Gasteiger partial charge in [-0.25, -0.2) is 14.0 Å². The van der Waals surface area contributed by atoms with E-state index in [4.69, 9.17) is 9.47 Å². The molecular formula is C25H29FN4O7. The van der Waals surface area contributed by atoms with Gasteiger partial charge in [-0.1, -0.05) is 0 Å². The van der Waals surface area contributed by atoms with Gasteiger partial charge in [0, 0.05) is 49.4 Å². The highest BCUT2D eigenvalue weighted by Gasteiger charge is 2.26. The van der Waals surface area contributed by atoms with E-state index in [2.05, 4.69) is 20.4 Å². The van der Waals surface area contributed by atoms with Crippen LogP contribution < -0.4 is 10.6 Å². The third-order valence-electron chi connectivity index (χ3n) is 5.73. The lowest BCUT2D eigenvalue weighted by Crippen LogP contribution is -2.39. The monoisotopic (exact) mass is 516 g/mol. The van der Waals surface area contributed by atoms with E-state index in [9.17, 15) is 23.6 Å². The van der Waals surface area contributed by atoms with Crippen molar-refractivity contribution in [3.05, 3.63) is 52.1 Å². The molecule has 11 nitrogen and oxygen atoms in total. The molecular weight excluding hydrogens is 487 g/mol. The second-order valence-corrected chi connectivity index (χ2v) is 8.18. The number of aryl methyl sites for hydroxylation is 1. The minimum Gasteiger partial charge on any atom is -0.426 e. The van der Waals surface area contributed by atoms with Gasteiger partial charge in [0.15, 0.2) is 0 Å². The maximum absolute atomic E-state index is 13.7. The number of aromatic amines is 1. The van der Waals surface area contributed by atoms with E-state index in [-0.39, 0.29) is 37.1 Å². The number of amides is 3. The van der Waals surface area contributed by atoms with Crippen LogP contribution in [0, 0.1) is 19.7 Å². The van der Waals surface area contributed by atoms with E-state index in [0.29, 0.717) is 40.3 Å². The van der Waals surface area contributed by atoms with Crippen LogP contribution >= 0.6 is 0 Å². The molecule has 0 atom stereocenters. The largest absolute Gasteiger partial charge is 0.426 e. The summed E-state index contributed by atoms with van der Waals surface area (Å²) in [5, 5.41) is 5.47. The average Bonchev–Trinajstić information content (AvgIpc) is 3.31. The quantitative estimate of drug-likeness (QED) is 0.251. The first-order chi connectivity index (χ1) is 17.7. The van der Waals surface area contributed by atoms with Crippen molar-refractivity contribution in [2.45, 2.75) is 20.8 Å². The summed E-state index contributed by atoms with van der Waals surface area (Å²) in [5.74, 6) is -1.85. The van der Waals surface area contributed by atoms with Crippen LogP contribution in [0.3, 0.4) is 0 Å². The molecule has 0 fully saturated rings. The van der Waals surface area contributed by atoms with Gasteiger partial charge in [-0.2, -0.15) is 0 Å². The van der Waals surface area contributed by atoms with E-state index < -0.39 is 24.7 Å². The van der Waals surface area contributed by atoms with E-state index in [1.165, 1.54) is 30.2 Å². The zero-order valence-electron chi connectivity index (χ0n) is 21.0. The summed E-state index contributed by atoms with van der Waals surface area (Å²) in [4.78, 5) is 53.2. The van der Waals surface area contributed by atoms with Crippen molar-refractivity contribution in [2.24, 2.45) is 0 Å². The number of esters is 1. The fourth-order valence-electron chi connectivity index (χ4n) is 3.87. The number of ether oxygens (including phenoxy) is 3. The molecule has 2 aromatic rings. The van der Waals surface area contributed by atoms with Gasteiger partial charge in [0.25, 0.3) is 11.8 Å². The highest BCUT2D eigenvalue weighted by molar-refractivity contribution is 6.34.